The van der Waals surface area contributed by atoms with E-state index < -0.39 is 15.9 Å². The third kappa shape index (κ3) is 8.18. The van der Waals surface area contributed by atoms with E-state index in [0.29, 0.717) is 73.9 Å². The van der Waals surface area contributed by atoms with Crippen LogP contribution in [0, 0.1) is 0 Å². The number of carbonyl (C=O) groups excluding carboxylic acids is 2. The Kier molecular flexibility index (Phi) is 11.5. The second kappa shape index (κ2) is 16.2. The molecular weight excluding hydrogens is 680 g/mol. The summed E-state index contributed by atoms with van der Waals surface area (Å²) in [6, 6.07) is 35.7. The molecule has 1 unspecified atom stereocenters. The number of rotatable bonds is 12. The minimum Gasteiger partial charge on any atom is -0.336 e. The average molecular weight is 723 g/mol. The SMILES string of the molecule is CCCN(CCC)S(=O)(=O)c1ccc(C(=O)Nc2cc3ccccc3cc2C(=O)N2CCN(C(c3ccccc3)c3ccc(Cl)cc3)CC2)cc1. The van der Waals surface area contributed by atoms with E-state index in [0.717, 1.165) is 16.3 Å². The topological polar surface area (TPSA) is 90.0 Å². The fourth-order valence-electron chi connectivity index (χ4n) is 6.74. The van der Waals surface area contributed by atoms with Gasteiger partial charge in [0, 0.05) is 49.9 Å². The van der Waals surface area contributed by atoms with Crippen molar-refractivity contribution in [3.63, 3.8) is 0 Å². The molecule has 1 aliphatic rings. The molecule has 1 atom stereocenters. The molecule has 1 fully saturated rings. The molecule has 1 heterocycles. The van der Waals surface area contributed by atoms with Crippen LogP contribution in [0.25, 0.3) is 10.8 Å². The number of fused-ring (bicyclic) bond motifs is 1. The molecule has 5 aromatic carbocycles. The molecule has 51 heavy (non-hydrogen) atoms. The van der Waals surface area contributed by atoms with Gasteiger partial charge in [0.05, 0.1) is 22.2 Å². The van der Waals surface area contributed by atoms with Crippen LogP contribution in [0.2, 0.25) is 5.02 Å². The van der Waals surface area contributed by atoms with E-state index in [9.17, 15) is 18.0 Å². The standard InChI is InChI=1S/C41H43ClN4O4S/c1-3-22-46(23-4-2)51(49,50)36-20-16-32(17-21-36)40(47)43-38-29-34-13-9-8-12-33(34)28-37(38)41(48)45-26-24-44(25-27-45)39(30-10-6-5-7-11-30)31-14-18-35(42)19-15-31/h5-21,28-29,39H,3-4,22-27H2,1-2H3,(H,43,47). The smallest absolute Gasteiger partial charge is 0.256 e. The first kappa shape index (κ1) is 36.3. The number of sulfonamides is 1. The number of carbonyl (C=O) groups is 2. The molecule has 8 nitrogen and oxygen atoms in total. The molecule has 1 N–H and O–H groups in total. The zero-order valence-corrected chi connectivity index (χ0v) is 30.5. The first-order valence-corrected chi connectivity index (χ1v) is 19.3. The van der Waals surface area contributed by atoms with Crippen LogP contribution >= 0.6 is 11.6 Å². The minimum absolute atomic E-state index is 0.0129. The van der Waals surface area contributed by atoms with Crippen molar-refractivity contribution in [1.29, 1.82) is 0 Å². The molecule has 10 heteroatoms. The van der Waals surface area contributed by atoms with Crippen LogP contribution in [-0.4, -0.2) is 73.6 Å². The summed E-state index contributed by atoms with van der Waals surface area (Å²) in [5.41, 5.74) is 3.41. The maximum atomic E-state index is 14.2. The Morgan fingerprint density at radius 3 is 1.92 bits per heavy atom. The van der Waals surface area contributed by atoms with Crippen molar-refractivity contribution in [2.75, 3.05) is 44.6 Å². The van der Waals surface area contributed by atoms with Gasteiger partial charge >= 0.3 is 0 Å². The molecule has 1 saturated heterocycles. The lowest BCUT2D eigenvalue weighted by Crippen LogP contribution is -2.50. The molecule has 0 aromatic heterocycles. The van der Waals surface area contributed by atoms with Gasteiger partial charge in [-0.25, -0.2) is 8.42 Å². The Morgan fingerprint density at radius 2 is 1.31 bits per heavy atom. The Balaban J connectivity index is 1.22. The second-order valence-corrected chi connectivity index (χ2v) is 15.2. The Hall–Kier alpha value is -4.54. The number of piperazine rings is 1. The van der Waals surface area contributed by atoms with Gasteiger partial charge in [0.2, 0.25) is 10.0 Å². The summed E-state index contributed by atoms with van der Waals surface area (Å²) in [5.74, 6) is -0.590. The quantitative estimate of drug-likeness (QED) is 0.141. The van der Waals surface area contributed by atoms with Crippen molar-refractivity contribution in [3.8, 4) is 0 Å². The third-order valence-electron chi connectivity index (χ3n) is 9.33. The van der Waals surface area contributed by atoms with Gasteiger partial charge in [0.1, 0.15) is 0 Å². The summed E-state index contributed by atoms with van der Waals surface area (Å²) < 4.78 is 28.0. The number of hydrogen-bond donors (Lipinski definition) is 1. The number of nitrogens with one attached hydrogen (secondary N) is 1. The summed E-state index contributed by atoms with van der Waals surface area (Å²) in [7, 11) is -3.68. The molecule has 2 amide bonds. The zero-order valence-electron chi connectivity index (χ0n) is 29.0. The van der Waals surface area contributed by atoms with Gasteiger partial charge in [-0.05, 0) is 83.3 Å². The van der Waals surface area contributed by atoms with Gasteiger partial charge in [-0.3, -0.25) is 14.5 Å². The number of benzene rings is 5. The second-order valence-electron chi connectivity index (χ2n) is 12.8. The number of hydrogen-bond acceptors (Lipinski definition) is 5. The van der Waals surface area contributed by atoms with Gasteiger partial charge in [-0.15, -0.1) is 0 Å². The van der Waals surface area contributed by atoms with Crippen LogP contribution in [0.15, 0.2) is 120 Å². The van der Waals surface area contributed by atoms with Gasteiger partial charge in [-0.1, -0.05) is 92.2 Å². The lowest BCUT2D eigenvalue weighted by molar-refractivity contribution is 0.0598. The van der Waals surface area contributed by atoms with Crippen LogP contribution in [0.5, 0.6) is 0 Å². The number of nitrogens with zero attached hydrogens (tertiary/aromatic N) is 3. The van der Waals surface area contributed by atoms with E-state index in [2.05, 4.69) is 34.5 Å². The monoisotopic (exact) mass is 722 g/mol. The molecule has 0 radical (unpaired) electrons. The molecule has 0 bridgehead atoms. The van der Waals surface area contributed by atoms with Crippen LogP contribution < -0.4 is 5.32 Å². The van der Waals surface area contributed by atoms with E-state index in [4.69, 9.17) is 11.6 Å². The summed E-state index contributed by atoms with van der Waals surface area (Å²) in [6.45, 7) is 7.10. The summed E-state index contributed by atoms with van der Waals surface area (Å²) >= 11 is 6.22. The Morgan fingerprint density at radius 1 is 0.745 bits per heavy atom. The summed E-state index contributed by atoms with van der Waals surface area (Å²) in [5, 5.41) is 5.43. The van der Waals surface area contributed by atoms with Crippen LogP contribution in [0.1, 0.15) is 64.6 Å². The van der Waals surface area contributed by atoms with Crippen molar-refractivity contribution >= 4 is 49.9 Å². The number of anilines is 1. The van der Waals surface area contributed by atoms with E-state index in [-0.39, 0.29) is 16.8 Å². The lowest BCUT2D eigenvalue weighted by atomic mass is 9.96. The zero-order chi connectivity index (χ0) is 36.0. The third-order valence-corrected chi connectivity index (χ3v) is 11.5. The van der Waals surface area contributed by atoms with Crippen molar-refractivity contribution in [2.45, 2.75) is 37.6 Å². The predicted molar refractivity (Wildman–Crippen MR) is 205 cm³/mol. The van der Waals surface area contributed by atoms with E-state index in [1.807, 2.05) is 85.5 Å². The summed E-state index contributed by atoms with van der Waals surface area (Å²) in [4.78, 5) is 32.2. The fourth-order valence-corrected chi connectivity index (χ4v) is 8.49. The fraction of sp³-hybridized carbons (Fsp3) is 0.268. The number of halogens is 1. The van der Waals surface area contributed by atoms with Crippen molar-refractivity contribution in [3.05, 3.63) is 143 Å². The van der Waals surface area contributed by atoms with Gasteiger partial charge in [-0.2, -0.15) is 4.31 Å². The van der Waals surface area contributed by atoms with E-state index in [1.54, 1.807) is 0 Å². The van der Waals surface area contributed by atoms with Gasteiger partial charge < -0.3 is 10.2 Å². The highest BCUT2D eigenvalue weighted by atomic mass is 35.5. The lowest BCUT2D eigenvalue weighted by Gasteiger charge is -2.40. The number of amides is 2. The van der Waals surface area contributed by atoms with Crippen molar-refractivity contribution in [2.24, 2.45) is 0 Å². The highest BCUT2D eigenvalue weighted by Crippen LogP contribution is 2.32. The largest absolute Gasteiger partial charge is 0.336 e. The molecule has 5 aromatic rings. The predicted octanol–water partition coefficient (Wildman–Crippen LogP) is 8.10. The highest BCUT2D eigenvalue weighted by Gasteiger charge is 2.30. The van der Waals surface area contributed by atoms with Crippen LogP contribution in [0.3, 0.4) is 0 Å². The minimum atomic E-state index is -3.68. The Bertz CT molecular complexity index is 2080. The molecular formula is C41H43ClN4O4S. The summed E-state index contributed by atoms with van der Waals surface area (Å²) in [6.07, 6.45) is 1.42. The molecule has 6 rings (SSSR count). The molecule has 264 valence electrons. The first-order valence-electron chi connectivity index (χ1n) is 17.5. The van der Waals surface area contributed by atoms with Crippen LogP contribution in [-0.2, 0) is 10.0 Å². The molecule has 0 saturated carbocycles. The van der Waals surface area contributed by atoms with E-state index >= 15 is 0 Å². The van der Waals surface area contributed by atoms with Crippen molar-refractivity contribution < 1.29 is 18.0 Å². The average Bonchev–Trinajstić information content (AvgIpc) is 3.16. The van der Waals surface area contributed by atoms with E-state index in [1.165, 1.54) is 34.1 Å². The van der Waals surface area contributed by atoms with Gasteiger partial charge in [0.25, 0.3) is 11.8 Å². The van der Waals surface area contributed by atoms with Crippen LogP contribution in [0.4, 0.5) is 5.69 Å². The molecule has 1 aliphatic heterocycles. The Labute approximate surface area is 305 Å². The maximum Gasteiger partial charge on any atom is 0.256 e. The molecule has 0 spiro atoms. The molecule has 0 aliphatic carbocycles. The normalized spacial score (nSPS) is 14.5. The first-order chi connectivity index (χ1) is 24.7. The van der Waals surface area contributed by atoms with Gasteiger partial charge in [0.15, 0.2) is 0 Å². The maximum absolute atomic E-state index is 14.2. The van der Waals surface area contributed by atoms with Crippen molar-refractivity contribution in [1.82, 2.24) is 14.1 Å². The highest BCUT2D eigenvalue weighted by molar-refractivity contribution is 7.89.